The lowest BCUT2D eigenvalue weighted by atomic mass is 9.80. The number of aromatic nitrogens is 1. The Balaban J connectivity index is 0.000000203. The second-order valence-corrected chi connectivity index (χ2v) is 4.18. The number of alkyl halides is 3. The van der Waals surface area contributed by atoms with Crippen LogP contribution in [0.5, 0.6) is 0 Å². The highest BCUT2D eigenvalue weighted by Gasteiger charge is 2.38. The van der Waals surface area contributed by atoms with Crippen molar-refractivity contribution >= 4 is 5.97 Å². The number of aliphatic carboxylic acids is 1. The number of rotatable bonds is 1. The Hall–Kier alpha value is -1.63. The van der Waals surface area contributed by atoms with E-state index >= 15 is 0 Å². The van der Waals surface area contributed by atoms with E-state index < -0.39 is 12.1 Å². The fraction of sp³-hybridized carbons (Fsp3) is 0.455. The second kappa shape index (κ2) is 5.34. The van der Waals surface area contributed by atoms with Crippen molar-refractivity contribution in [2.45, 2.75) is 18.5 Å². The average Bonchev–Trinajstić information content (AvgIpc) is 2.26. The molecule has 0 atom stereocenters. The van der Waals surface area contributed by atoms with Gasteiger partial charge in [0.25, 0.3) is 0 Å². The van der Waals surface area contributed by atoms with Crippen LogP contribution >= 0.6 is 0 Å². The smallest absolute Gasteiger partial charge is 0.475 e. The number of nitrogens with zero attached hydrogens (tertiary/aromatic N) is 1. The molecule has 0 aromatic carbocycles. The number of nitrogens with one attached hydrogen (secondary N) is 1. The first-order chi connectivity index (χ1) is 8.26. The van der Waals surface area contributed by atoms with Crippen molar-refractivity contribution in [3.05, 3.63) is 30.1 Å². The van der Waals surface area contributed by atoms with Crippen LogP contribution in [0.2, 0.25) is 0 Å². The van der Waals surface area contributed by atoms with E-state index in [1.165, 1.54) is 5.69 Å². The number of halogens is 3. The molecule has 0 spiro atoms. The van der Waals surface area contributed by atoms with Gasteiger partial charge in [0.15, 0.2) is 0 Å². The van der Waals surface area contributed by atoms with Gasteiger partial charge in [-0.1, -0.05) is 13.0 Å². The molecular weight excluding hydrogens is 249 g/mol. The molecule has 1 saturated heterocycles. The molecule has 0 unspecified atom stereocenters. The third kappa shape index (κ3) is 3.69. The molecule has 7 heteroatoms. The van der Waals surface area contributed by atoms with E-state index in [0.29, 0.717) is 5.41 Å². The summed E-state index contributed by atoms with van der Waals surface area (Å²) in [6, 6.07) is 6.10. The van der Waals surface area contributed by atoms with Crippen LogP contribution in [0.4, 0.5) is 13.2 Å². The van der Waals surface area contributed by atoms with Crippen molar-refractivity contribution in [1.29, 1.82) is 0 Å². The van der Waals surface area contributed by atoms with Crippen LogP contribution < -0.4 is 5.32 Å². The van der Waals surface area contributed by atoms with Crippen LogP contribution in [0.15, 0.2) is 24.4 Å². The SMILES string of the molecule is CC1(c2ccccn2)CNC1.O=C(O)C(F)(F)F. The summed E-state index contributed by atoms with van der Waals surface area (Å²) in [6.07, 6.45) is -3.22. The molecule has 0 saturated carbocycles. The molecule has 2 heterocycles. The largest absolute Gasteiger partial charge is 0.490 e. The summed E-state index contributed by atoms with van der Waals surface area (Å²) < 4.78 is 31.7. The van der Waals surface area contributed by atoms with Gasteiger partial charge in [-0.15, -0.1) is 0 Å². The highest BCUT2D eigenvalue weighted by atomic mass is 19.4. The molecule has 18 heavy (non-hydrogen) atoms. The molecule has 1 aliphatic heterocycles. The van der Waals surface area contributed by atoms with Crippen LogP contribution in [0, 0.1) is 0 Å². The van der Waals surface area contributed by atoms with E-state index in [1.54, 1.807) is 0 Å². The first kappa shape index (κ1) is 14.4. The second-order valence-electron chi connectivity index (χ2n) is 4.18. The molecular formula is C11H13F3N2O2. The highest BCUT2D eigenvalue weighted by Crippen LogP contribution is 2.25. The molecule has 2 rings (SSSR count). The molecule has 100 valence electrons. The summed E-state index contributed by atoms with van der Waals surface area (Å²) in [7, 11) is 0. The lowest BCUT2D eigenvalue weighted by Crippen LogP contribution is -2.55. The Morgan fingerprint density at radius 2 is 2.00 bits per heavy atom. The van der Waals surface area contributed by atoms with E-state index in [9.17, 15) is 13.2 Å². The minimum atomic E-state index is -5.08. The van der Waals surface area contributed by atoms with Gasteiger partial charge in [0.1, 0.15) is 0 Å². The quantitative estimate of drug-likeness (QED) is 0.806. The number of carboxylic acid groups (broad SMARTS) is 1. The van der Waals surface area contributed by atoms with Gasteiger partial charge < -0.3 is 10.4 Å². The highest BCUT2D eigenvalue weighted by molar-refractivity contribution is 5.73. The minimum absolute atomic E-state index is 0.293. The fourth-order valence-electron chi connectivity index (χ4n) is 1.40. The zero-order valence-corrected chi connectivity index (χ0v) is 9.66. The molecule has 2 N–H and O–H groups in total. The number of carbonyl (C=O) groups is 1. The van der Waals surface area contributed by atoms with Crippen molar-refractivity contribution in [3.8, 4) is 0 Å². The van der Waals surface area contributed by atoms with Crippen molar-refractivity contribution in [2.24, 2.45) is 0 Å². The van der Waals surface area contributed by atoms with Crippen LogP contribution in [-0.2, 0) is 10.2 Å². The first-order valence-corrected chi connectivity index (χ1v) is 5.18. The minimum Gasteiger partial charge on any atom is -0.475 e. The zero-order valence-electron chi connectivity index (χ0n) is 9.66. The maximum atomic E-state index is 10.6. The van der Waals surface area contributed by atoms with E-state index in [2.05, 4.69) is 23.3 Å². The van der Waals surface area contributed by atoms with Gasteiger partial charge in [-0.2, -0.15) is 13.2 Å². The van der Waals surface area contributed by atoms with Crippen LogP contribution in [0.1, 0.15) is 12.6 Å². The summed E-state index contributed by atoms with van der Waals surface area (Å²) >= 11 is 0. The summed E-state index contributed by atoms with van der Waals surface area (Å²) in [6.45, 7) is 4.36. The Kier molecular flexibility index (Phi) is 4.28. The van der Waals surface area contributed by atoms with Gasteiger partial charge in [-0.25, -0.2) is 4.79 Å². The molecule has 0 amide bonds. The third-order valence-corrected chi connectivity index (χ3v) is 2.56. The van der Waals surface area contributed by atoms with Crippen molar-refractivity contribution in [1.82, 2.24) is 10.3 Å². The Morgan fingerprint density at radius 1 is 1.44 bits per heavy atom. The molecule has 0 radical (unpaired) electrons. The predicted octanol–water partition coefficient (Wildman–Crippen LogP) is 1.58. The molecule has 1 aromatic heterocycles. The zero-order chi connectivity index (χ0) is 13.8. The summed E-state index contributed by atoms with van der Waals surface area (Å²) in [4.78, 5) is 13.2. The standard InChI is InChI=1S/C9H12N2.C2HF3O2/c1-9(6-10-7-9)8-4-2-3-5-11-8;3-2(4,5)1(6)7/h2-5,10H,6-7H2,1H3;(H,6,7). The van der Waals surface area contributed by atoms with E-state index in [1.807, 2.05) is 18.3 Å². The first-order valence-electron chi connectivity index (χ1n) is 5.18. The molecule has 1 fully saturated rings. The number of hydrogen-bond donors (Lipinski definition) is 2. The van der Waals surface area contributed by atoms with Crippen LogP contribution in [0.3, 0.4) is 0 Å². The molecule has 1 aliphatic rings. The van der Waals surface area contributed by atoms with E-state index in [0.717, 1.165) is 13.1 Å². The number of hydrogen-bond acceptors (Lipinski definition) is 3. The lowest BCUT2D eigenvalue weighted by Gasteiger charge is -2.38. The molecule has 1 aromatic rings. The van der Waals surface area contributed by atoms with Gasteiger partial charge in [-0.3, -0.25) is 4.98 Å². The Labute approximate surface area is 102 Å². The van der Waals surface area contributed by atoms with Gasteiger partial charge in [0, 0.05) is 30.4 Å². The van der Waals surface area contributed by atoms with Gasteiger partial charge in [-0.05, 0) is 12.1 Å². The average molecular weight is 262 g/mol. The third-order valence-electron chi connectivity index (χ3n) is 2.56. The maximum absolute atomic E-state index is 10.6. The predicted molar refractivity (Wildman–Crippen MR) is 58.1 cm³/mol. The lowest BCUT2D eigenvalue weighted by molar-refractivity contribution is -0.192. The van der Waals surface area contributed by atoms with Crippen molar-refractivity contribution in [2.75, 3.05) is 13.1 Å². The van der Waals surface area contributed by atoms with Gasteiger partial charge in [0.05, 0.1) is 0 Å². The molecule has 4 nitrogen and oxygen atoms in total. The maximum Gasteiger partial charge on any atom is 0.490 e. The van der Waals surface area contributed by atoms with E-state index in [-0.39, 0.29) is 0 Å². The van der Waals surface area contributed by atoms with Crippen LogP contribution in [-0.4, -0.2) is 35.3 Å². The fourth-order valence-corrected chi connectivity index (χ4v) is 1.40. The normalized spacial score (nSPS) is 17.1. The molecule has 0 aliphatic carbocycles. The Bertz CT molecular complexity index is 402. The summed E-state index contributed by atoms with van der Waals surface area (Å²) in [5.41, 5.74) is 1.50. The van der Waals surface area contributed by atoms with Crippen molar-refractivity contribution in [3.63, 3.8) is 0 Å². The topological polar surface area (TPSA) is 62.2 Å². The van der Waals surface area contributed by atoms with E-state index in [4.69, 9.17) is 9.90 Å². The van der Waals surface area contributed by atoms with Crippen LogP contribution in [0.25, 0.3) is 0 Å². The van der Waals surface area contributed by atoms with Gasteiger partial charge in [0.2, 0.25) is 0 Å². The number of carboxylic acids is 1. The summed E-state index contributed by atoms with van der Waals surface area (Å²) in [5.74, 6) is -2.76. The van der Waals surface area contributed by atoms with Gasteiger partial charge >= 0.3 is 12.1 Å². The summed E-state index contributed by atoms with van der Waals surface area (Å²) in [5, 5.41) is 10.4. The Morgan fingerprint density at radius 3 is 2.28 bits per heavy atom. The monoisotopic (exact) mass is 262 g/mol. The van der Waals surface area contributed by atoms with Crippen molar-refractivity contribution < 1.29 is 23.1 Å². The molecule has 0 bridgehead atoms. The number of pyridine rings is 1.